The van der Waals surface area contributed by atoms with Crippen LogP contribution in [0.15, 0.2) is 0 Å². The molecule has 0 amide bonds. The van der Waals surface area contributed by atoms with Gasteiger partial charge in [0, 0.05) is 0 Å². The van der Waals surface area contributed by atoms with E-state index in [0.717, 1.165) is 25.7 Å². The molecule has 0 saturated heterocycles. The summed E-state index contributed by atoms with van der Waals surface area (Å²) >= 11 is 0. The number of hydrogen-bond acceptors (Lipinski definition) is 3. The third-order valence-electron chi connectivity index (χ3n) is 3.01. The molecule has 0 rings (SSSR count). The fourth-order valence-electron chi connectivity index (χ4n) is 1.36. The maximum absolute atomic E-state index is 12.5. The number of ether oxygens (including phenoxy) is 1. The molecule has 0 spiro atoms. The summed E-state index contributed by atoms with van der Waals surface area (Å²) in [5.41, 5.74) is 2.03. The summed E-state index contributed by atoms with van der Waals surface area (Å²) in [6.45, 7) is 4.57. The van der Waals surface area contributed by atoms with E-state index in [1.165, 1.54) is 0 Å². The Kier molecular flexibility index (Phi) is 6.67. The molecular formula is C12H22F3NO2. The standard InChI is InChI=1S/C12H22F3NO2/c1-4-6-7-9(5-2)8-18-10(17)11(3,16)12(13,14)15/h9H,4-8,16H2,1-3H3. The number of carbonyl (C=O) groups is 1. The third kappa shape index (κ3) is 4.84. The SMILES string of the molecule is CCCCC(CC)COC(=O)C(C)(N)C(F)(F)F. The average molecular weight is 269 g/mol. The lowest BCUT2D eigenvalue weighted by molar-refractivity contribution is -0.202. The minimum atomic E-state index is -4.80. The van der Waals surface area contributed by atoms with Gasteiger partial charge in [-0.3, -0.25) is 0 Å². The topological polar surface area (TPSA) is 52.3 Å². The zero-order valence-electron chi connectivity index (χ0n) is 11.1. The molecule has 18 heavy (non-hydrogen) atoms. The number of halogens is 3. The van der Waals surface area contributed by atoms with Crippen LogP contribution in [0.2, 0.25) is 0 Å². The highest BCUT2D eigenvalue weighted by atomic mass is 19.4. The fourth-order valence-corrected chi connectivity index (χ4v) is 1.36. The molecule has 0 aliphatic heterocycles. The minimum absolute atomic E-state index is 0.00178. The van der Waals surface area contributed by atoms with Crippen LogP contribution in [0.25, 0.3) is 0 Å². The molecular weight excluding hydrogens is 247 g/mol. The lowest BCUT2D eigenvalue weighted by Crippen LogP contribution is -2.58. The first kappa shape index (κ1) is 17.2. The van der Waals surface area contributed by atoms with Crippen LogP contribution in [0, 0.1) is 5.92 Å². The Morgan fingerprint density at radius 2 is 1.89 bits per heavy atom. The van der Waals surface area contributed by atoms with Crippen LogP contribution >= 0.6 is 0 Å². The van der Waals surface area contributed by atoms with Crippen molar-refractivity contribution in [2.45, 2.75) is 58.2 Å². The second-order valence-corrected chi connectivity index (χ2v) is 4.72. The van der Waals surface area contributed by atoms with Gasteiger partial charge in [0.25, 0.3) is 0 Å². The van der Waals surface area contributed by atoms with Crippen molar-refractivity contribution in [1.29, 1.82) is 0 Å². The summed E-state index contributed by atoms with van der Waals surface area (Å²) < 4.78 is 42.1. The molecule has 0 aromatic heterocycles. The number of rotatable bonds is 7. The number of alkyl halides is 3. The first-order valence-electron chi connectivity index (χ1n) is 6.19. The summed E-state index contributed by atoms with van der Waals surface area (Å²) in [4.78, 5) is 11.3. The van der Waals surface area contributed by atoms with Crippen LogP contribution in [-0.2, 0) is 9.53 Å². The van der Waals surface area contributed by atoms with Crippen LogP contribution in [0.3, 0.4) is 0 Å². The van der Waals surface area contributed by atoms with Gasteiger partial charge in [0.1, 0.15) is 0 Å². The maximum Gasteiger partial charge on any atom is 0.416 e. The number of hydrogen-bond donors (Lipinski definition) is 1. The predicted molar refractivity (Wildman–Crippen MR) is 62.9 cm³/mol. The highest BCUT2D eigenvalue weighted by Crippen LogP contribution is 2.29. The van der Waals surface area contributed by atoms with Gasteiger partial charge >= 0.3 is 12.1 Å². The molecule has 0 heterocycles. The Labute approximate surface area is 106 Å². The molecule has 0 aliphatic carbocycles. The van der Waals surface area contributed by atoms with Crippen molar-refractivity contribution in [1.82, 2.24) is 0 Å². The quantitative estimate of drug-likeness (QED) is 0.723. The van der Waals surface area contributed by atoms with Gasteiger partial charge in [-0.1, -0.05) is 33.1 Å². The van der Waals surface area contributed by atoms with Gasteiger partial charge in [0.15, 0.2) is 0 Å². The normalized spacial score (nSPS) is 17.1. The van der Waals surface area contributed by atoms with Gasteiger partial charge in [0.2, 0.25) is 5.54 Å². The fraction of sp³-hybridized carbons (Fsp3) is 0.917. The van der Waals surface area contributed by atoms with Gasteiger partial charge < -0.3 is 10.5 Å². The van der Waals surface area contributed by atoms with Crippen molar-refractivity contribution < 1.29 is 22.7 Å². The minimum Gasteiger partial charge on any atom is -0.464 e. The predicted octanol–water partition coefficient (Wildman–Crippen LogP) is 3.03. The number of nitrogens with two attached hydrogens (primary N) is 1. The van der Waals surface area contributed by atoms with Crippen molar-refractivity contribution in [3.63, 3.8) is 0 Å². The average Bonchev–Trinajstić information content (AvgIpc) is 2.27. The van der Waals surface area contributed by atoms with Crippen molar-refractivity contribution in [3.05, 3.63) is 0 Å². The van der Waals surface area contributed by atoms with E-state index in [2.05, 4.69) is 0 Å². The first-order valence-corrected chi connectivity index (χ1v) is 6.19. The molecule has 0 aromatic rings. The molecule has 0 fully saturated rings. The lowest BCUT2D eigenvalue weighted by Gasteiger charge is -2.26. The van der Waals surface area contributed by atoms with Gasteiger partial charge in [-0.2, -0.15) is 13.2 Å². The third-order valence-corrected chi connectivity index (χ3v) is 3.01. The highest BCUT2D eigenvalue weighted by molar-refractivity contribution is 5.81. The van der Waals surface area contributed by atoms with E-state index in [1.54, 1.807) is 0 Å². The molecule has 2 atom stereocenters. The van der Waals surface area contributed by atoms with Crippen LogP contribution in [0.1, 0.15) is 46.5 Å². The molecule has 2 N–H and O–H groups in total. The molecule has 2 unspecified atom stereocenters. The Morgan fingerprint density at radius 3 is 2.28 bits per heavy atom. The van der Waals surface area contributed by atoms with E-state index >= 15 is 0 Å². The van der Waals surface area contributed by atoms with Gasteiger partial charge in [0.05, 0.1) is 6.61 Å². The second kappa shape index (κ2) is 6.97. The number of unbranched alkanes of at least 4 members (excludes halogenated alkanes) is 1. The largest absolute Gasteiger partial charge is 0.464 e. The van der Waals surface area contributed by atoms with E-state index in [4.69, 9.17) is 10.5 Å². The van der Waals surface area contributed by atoms with Crippen molar-refractivity contribution in [3.8, 4) is 0 Å². The number of esters is 1. The Balaban J connectivity index is 4.32. The molecule has 0 bridgehead atoms. The second-order valence-electron chi connectivity index (χ2n) is 4.72. The van der Waals surface area contributed by atoms with Gasteiger partial charge in [-0.15, -0.1) is 0 Å². The van der Waals surface area contributed by atoms with Crippen molar-refractivity contribution >= 4 is 5.97 Å². The Hall–Kier alpha value is -0.780. The van der Waals surface area contributed by atoms with E-state index in [1.807, 2.05) is 13.8 Å². The summed E-state index contributed by atoms with van der Waals surface area (Å²) in [6, 6.07) is 0. The summed E-state index contributed by atoms with van der Waals surface area (Å²) in [5.74, 6) is -1.32. The Morgan fingerprint density at radius 1 is 1.33 bits per heavy atom. The first-order chi connectivity index (χ1) is 8.16. The number of carbonyl (C=O) groups excluding carboxylic acids is 1. The van der Waals surface area contributed by atoms with E-state index in [9.17, 15) is 18.0 Å². The summed E-state index contributed by atoms with van der Waals surface area (Å²) in [5, 5.41) is 0. The monoisotopic (exact) mass is 269 g/mol. The molecule has 0 aromatic carbocycles. The molecule has 108 valence electrons. The molecule has 3 nitrogen and oxygen atoms in total. The highest BCUT2D eigenvalue weighted by Gasteiger charge is 2.55. The molecule has 0 radical (unpaired) electrons. The van der Waals surface area contributed by atoms with Crippen LogP contribution < -0.4 is 5.73 Å². The smallest absolute Gasteiger partial charge is 0.416 e. The van der Waals surface area contributed by atoms with Crippen LogP contribution in [0.5, 0.6) is 0 Å². The van der Waals surface area contributed by atoms with E-state index in [0.29, 0.717) is 6.92 Å². The van der Waals surface area contributed by atoms with Crippen LogP contribution in [0.4, 0.5) is 13.2 Å². The molecule has 0 aliphatic rings. The zero-order valence-corrected chi connectivity index (χ0v) is 11.1. The summed E-state index contributed by atoms with van der Waals surface area (Å²) in [6.07, 6.45) is -1.22. The lowest BCUT2D eigenvalue weighted by atomic mass is 10.00. The zero-order chi connectivity index (χ0) is 14.4. The van der Waals surface area contributed by atoms with Gasteiger partial charge in [-0.25, -0.2) is 4.79 Å². The Bertz CT molecular complexity index is 265. The van der Waals surface area contributed by atoms with Gasteiger partial charge in [-0.05, 0) is 19.3 Å². The van der Waals surface area contributed by atoms with Crippen molar-refractivity contribution in [2.75, 3.05) is 6.61 Å². The van der Waals surface area contributed by atoms with E-state index in [-0.39, 0.29) is 12.5 Å². The van der Waals surface area contributed by atoms with Crippen molar-refractivity contribution in [2.24, 2.45) is 11.7 Å². The van der Waals surface area contributed by atoms with Crippen LogP contribution in [-0.4, -0.2) is 24.3 Å². The van der Waals surface area contributed by atoms with E-state index < -0.39 is 17.7 Å². The molecule has 0 saturated carbocycles. The maximum atomic E-state index is 12.5. The molecule has 6 heteroatoms. The summed E-state index contributed by atoms with van der Waals surface area (Å²) in [7, 11) is 0.